The highest BCUT2D eigenvalue weighted by Crippen LogP contribution is 2.53. The molecule has 53 heavy (non-hydrogen) atoms. The standard InChI is InChI=1S/C49H33N3O/c1-49(2)39-20-9-6-15-33(39)35-27-28-42-45(46(35)49)37-17-7-10-21-41(37)52(42)44-29-40(32-25-23-31(24-26-32)30-13-4-3-5-14-30)50-48(51-44)38-19-12-18-36-34-16-8-11-22-43(34)53-47(36)38/h3-29H,1-2H3. The third-order valence-electron chi connectivity index (χ3n) is 11.2. The Hall–Kier alpha value is -6.78. The lowest BCUT2D eigenvalue weighted by Crippen LogP contribution is -2.15. The molecule has 0 amide bonds. The Morgan fingerprint density at radius 3 is 2.06 bits per heavy atom. The van der Waals surface area contributed by atoms with Gasteiger partial charge in [-0.25, -0.2) is 9.97 Å². The molecule has 1 aliphatic rings. The number of benzene rings is 7. The van der Waals surface area contributed by atoms with E-state index < -0.39 is 0 Å². The largest absolute Gasteiger partial charge is 0.455 e. The number of hydrogen-bond donors (Lipinski definition) is 0. The van der Waals surface area contributed by atoms with Gasteiger partial charge in [0.15, 0.2) is 5.82 Å². The maximum atomic E-state index is 6.54. The summed E-state index contributed by atoms with van der Waals surface area (Å²) >= 11 is 0. The minimum atomic E-state index is -0.167. The first kappa shape index (κ1) is 29.9. The molecular formula is C49H33N3O. The molecule has 0 saturated carbocycles. The molecule has 11 rings (SSSR count). The minimum absolute atomic E-state index is 0.167. The molecule has 0 radical (unpaired) electrons. The van der Waals surface area contributed by atoms with E-state index in [1.165, 1.54) is 38.6 Å². The maximum Gasteiger partial charge on any atom is 0.165 e. The van der Waals surface area contributed by atoms with Gasteiger partial charge < -0.3 is 4.42 Å². The lowest BCUT2D eigenvalue weighted by molar-refractivity contribution is 0.666. The molecule has 1 aliphatic carbocycles. The first-order valence-electron chi connectivity index (χ1n) is 18.2. The Labute approximate surface area is 306 Å². The lowest BCUT2D eigenvalue weighted by Gasteiger charge is -2.22. The second-order valence-electron chi connectivity index (χ2n) is 14.6. The van der Waals surface area contributed by atoms with E-state index in [0.717, 1.165) is 61.2 Å². The monoisotopic (exact) mass is 679 g/mol. The summed E-state index contributed by atoms with van der Waals surface area (Å²) < 4.78 is 8.87. The highest BCUT2D eigenvalue weighted by atomic mass is 16.3. The van der Waals surface area contributed by atoms with Crippen molar-refractivity contribution in [2.24, 2.45) is 0 Å². The summed E-state index contributed by atoms with van der Waals surface area (Å²) in [7, 11) is 0. The van der Waals surface area contributed by atoms with Gasteiger partial charge in [0.05, 0.1) is 22.3 Å². The van der Waals surface area contributed by atoms with Crippen molar-refractivity contribution in [3.63, 3.8) is 0 Å². The van der Waals surface area contributed by atoms with Gasteiger partial charge >= 0.3 is 0 Å². The Bertz CT molecular complexity index is 3080. The zero-order valence-electron chi connectivity index (χ0n) is 29.3. The molecule has 7 aromatic carbocycles. The van der Waals surface area contributed by atoms with Crippen molar-refractivity contribution in [2.45, 2.75) is 19.3 Å². The van der Waals surface area contributed by atoms with E-state index in [4.69, 9.17) is 14.4 Å². The van der Waals surface area contributed by atoms with Crippen LogP contribution in [0.3, 0.4) is 0 Å². The van der Waals surface area contributed by atoms with Crippen LogP contribution in [-0.4, -0.2) is 14.5 Å². The first-order chi connectivity index (χ1) is 26.0. The first-order valence-corrected chi connectivity index (χ1v) is 18.2. The lowest BCUT2D eigenvalue weighted by atomic mass is 9.80. The summed E-state index contributed by atoms with van der Waals surface area (Å²) in [4.78, 5) is 10.7. The fourth-order valence-corrected chi connectivity index (χ4v) is 8.78. The predicted molar refractivity (Wildman–Crippen MR) is 218 cm³/mol. The van der Waals surface area contributed by atoms with Crippen LogP contribution in [0.15, 0.2) is 168 Å². The van der Waals surface area contributed by atoms with Gasteiger partial charge in [0.1, 0.15) is 17.0 Å². The van der Waals surface area contributed by atoms with Gasteiger partial charge in [0, 0.05) is 38.6 Å². The number of furan rings is 1. The van der Waals surface area contributed by atoms with Crippen LogP contribution in [0.4, 0.5) is 0 Å². The van der Waals surface area contributed by atoms with Gasteiger partial charge in [-0.1, -0.05) is 147 Å². The molecule has 0 fully saturated rings. The molecule has 10 aromatic rings. The molecule has 0 saturated heterocycles. The summed E-state index contributed by atoms with van der Waals surface area (Å²) in [5.41, 5.74) is 14.1. The molecule has 0 atom stereocenters. The summed E-state index contributed by atoms with van der Waals surface area (Å²) in [6.45, 7) is 4.72. The molecule has 4 heteroatoms. The third-order valence-corrected chi connectivity index (χ3v) is 11.2. The highest BCUT2D eigenvalue weighted by Gasteiger charge is 2.38. The van der Waals surface area contributed by atoms with Gasteiger partial charge in [0.2, 0.25) is 0 Å². The van der Waals surface area contributed by atoms with E-state index >= 15 is 0 Å². The van der Waals surface area contributed by atoms with Crippen molar-refractivity contribution in [2.75, 3.05) is 0 Å². The van der Waals surface area contributed by atoms with E-state index in [9.17, 15) is 0 Å². The second-order valence-corrected chi connectivity index (χ2v) is 14.6. The topological polar surface area (TPSA) is 43.9 Å². The number of hydrogen-bond acceptors (Lipinski definition) is 3. The van der Waals surface area contributed by atoms with Crippen LogP contribution >= 0.6 is 0 Å². The Morgan fingerprint density at radius 2 is 1.19 bits per heavy atom. The van der Waals surface area contributed by atoms with Crippen molar-refractivity contribution in [1.29, 1.82) is 0 Å². The average molecular weight is 680 g/mol. The molecule has 4 nitrogen and oxygen atoms in total. The van der Waals surface area contributed by atoms with Crippen LogP contribution in [-0.2, 0) is 5.41 Å². The zero-order chi connectivity index (χ0) is 35.3. The molecule has 250 valence electrons. The van der Waals surface area contributed by atoms with E-state index in [1.54, 1.807) is 0 Å². The smallest absolute Gasteiger partial charge is 0.165 e. The normalized spacial score (nSPS) is 13.2. The maximum absolute atomic E-state index is 6.54. The molecular weight excluding hydrogens is 647 g/mol. The van der Waals surface area contributed by atoms with Crippen LogP contribution in [0.2, 0.25) is 0 Å². The van der Waals surface area contributed by atoms with Gasteiger partial charge in [-0.3, -0.25) is 4.57 Å². The van der Waals surface area contributed by atoms with E-state index in [1.807, 2.05) is 18.2 Å². The van der Waals surface area contributed by atoms with Crippen molar-refractivity contribution >= 4 is 43.7 Å². The summed E-state index contributed by atoms with van der Waals surface area (Å²) in [5.74, 6) is 1.43. The average Bonchev–Trinajstić information content (AvgIpc) is 3.84. The zero-order valence-corrected chi connectivity index (χ0v) is 29.3. The van der Waals surface area contributed by atoms with Crippen LogP contribution in [0.1, 0.15) is 25.0 Å². The SMILES string of the molecule is CC1(C)c2ccccc2-c2ccc3c(c21)c1ccccc1n3-c1cc(-c2ccc(-c3ccccc3)cc2)nc(-c2cccc3c2oc2ccccc23)n1. The Balaban J connectivity index is 1.19. The molecule has 0 spiro atoms. The van der Waals surface area contributed by atoms with Crippen LogP contribution in [0.25, 0.3) is 94.5 Å². The van der Waals surface area contributed by atoms with Crippen molar-refractivity contribution in [1.82, 2.24) is 14.5 Å². The van der Waals surface area contributed by atoms with Crippen molar-refractivity contribution in [3.05, 3.63) is 175 Å². The molecule has 0 N–H and O–H groups in total. The van der Waals surface area contributed by atoms with Crippen molar-refractivity contribution in [3.8, 4) is 50.7 Å². The fourth-order valence-electron chi connectivity index (χ4n) is 8.78. The van der Waals surface area contributed by atoms with Gasteiger partial charge in [-0.15, -0.1) is 0 Å². The van der Waals surface area contributed by atoms with Crippen LogP contribution in [0, 0.1) is 0 Å². The number of nitrogens with zero attached hydrogens (tertiary/aromatic N) is 3. The van der Waals surface area contributed by atoms with E-state index in [0.29, 0.717) is 5.82 Å². The molecule has 0 aliphatic heterocycles. The van der Waals surface area contributed by atoms with Crippen molar-refractivity contribution < 1.29 is 4.42 Å². The third kappa shape index (κ3) is 4.36. The Morgan fingerprint density at radius 1 is 0.509 bits per heavy atom. The van der Waals surface area contributed by atoms with Crippen LogP contribution < -0.4 is 0 Å². The number of aromatic nitrogens is 3. The molecule has 3 heterocycles. The van der Waals surface area contributed by atoms with E-state index in [2.05, 4.69) is 164 Å². The molecule has 3 aromatic heterocycles. The van der Waals surface area contributed by atoms with Gasteiger partial charge in [0.25, 0.3) is 0 Å². The quantitative estimate of drug-likeness (QED) is 0.186. The minimum Gasteiger partial charge on any atom is -0.455 e. The van der Waals surface area contributed by atoms with Crippen LogP contribution in [0.5, 0.6) is 0 Å². The summed E-state index contributed by atoms with van der Waals surface area (Å²) in [6.07, 6.45) is 0. The second kappa shape index (κ2) is 11.1. The van der Waals surface area contributed by atoms with Gasteiger partial charge in [-0.05, 0) is 57.6 Å². The summed E-state index contributed by atoms with van der Waals surface area (Å²) in [6, 6.07) is 57.9. The highest BCUT2D eigenvalue weighted by molar-refractivity contribution is 6.14. The number of rotatable bonds is 4. The number of fused-ring (bicyclic) bond motifs is 10. The summed E-state index contributed by atoms with van der Waals surface area (Å²) in [5, 5.41) is 4.62. The van der Waals surface area contributed by atoms with Gasteiger partial charge in [-0.2, -0.15) is 0 Å². The number of para-hydroxylation sites is 3. The molecule has 0 bridgehead atoms. The predicted octanol–water partition coefficient (Wildman–Crippen LogP) is 12.8. The van der Waals surface area contributed by atoms with E-state index in [-0.39, 0.29) is 5.41 Å². The molecule has 0 unspecified atom stereocenters. The fraction of sp³-hybridized carbons (Fsp3) is 0.0612. The Kier molecular flexibility index (Phi) is 6.27.